The predicted molar refractivity (Wildman–Crippen MR) is 123 cm³/mol. The van der Waals surface area contributed by atoms with Gasteiger partial charge in [-0.05, 0) is 42.7 Å². The highest BCUT2D eigenvalue weighted by molar-refractivity contribution is 6.31. The van der Waals surface area contributed by atoms with Gasteiger partial charge in [-0.25, -0.2) is 9.94 Å². The molecule has 9 heteroatoms. The van der Waals surface area contributed by atoms with Crippen LogP contribution in [-0.2, 0) is 13.6 Å². The molecule has 1 aliphatic carbocycles. The third kappa shape index (κ3) is 3.42. The average Bonchev–Trinajstić information content (AvgIpc) is 3.52. The van der Waals surface area contributed by atoms with Gasteiger partial charge in [-0.3, -0.25) is 9.48 Å². The lowest BCUT2D eigenvalue weighted by atomic mass is 9.97. The van der Waals surface area contributed by atoms with Crippen molar-refractivity contribution in [2.45, 2.75) is 25.5 Å². The number of nitrogens with zero attached hydrogens (tertiary/aromatic N) is 4. The number of hydrogen-bond donors (Lipinski definition) is 2. The Morgan fingerprint density at radius 2 is 2.09 bits per heavy atom. The number of H-pyrrole nitrogens is 1. The molecule has 2 aromatic carbocycles. The van der Waals surface area contributed by atoms with Gasteiger partial charge in [-0.1, -0.05) is 17.7 Å². The molecular formula is C23H19ClN6O2. The molecule has 1 saturated carbocycles. The summed E-state index contributed by atoms with van der Waals surface area (Å²) in [6.07, 6.45) is 3.82. The summed E-state index contributed by atoms with van der Waals surface area (Å²) >= 11 is 6.41. The van der Waals surface area contributed by atoms with Crippen molar-refractivity contribution in [3.63, 3.8) is 0 Å². The number of aromatic amines is 1. The van der Waals surface area contributed by atoms with E-state index in [0.29, 0.717) is 38.5 Å². The van der Waals surface area contributed by atoms with Crippen molar-refractivity contribution in [3.8, 4) is 28.1 Å². The topological polar surface area (TPSA) is 103 Å². The third-order valence-electron chi connectivity index (χ3n) is 5.54. The molecular weight excluding hydrogens is 428 g/mol. The van der Waals surface area contributed by atoms with Crippen molar-refractivity contribution < 1.29 is 4.74 Å². The maximum atomic E-state index is 12.2. The van der Waals surface area contributed by atoms with E-state index in [-0.39, 0.29) is 18.2 Å². The normalized spacial score (nSPS) is 13.3. The summed E-state index contributed by atoms with van der Waals surface area (Å²) < 4.78 is 7.67. The van der Waals surface area contributed by atoms with Gasteiger partial charge in [-0.2, -0.15) is 10.2 Å². The third-order valence-corrected chi connectivity index (χ3v) is 5.75. The standard InChI is InChI=1S/C23H19ClN6O2/c1-26-21-17(8-13(24)9-20(21)32-14-4-5-14)22-18(11-27-30(22)2)12-3-6-15-16(7-12)19(10-25)28-29-23(15)31/h3,6-9,11,14H,4-5,10,25H2,2H3,(H,29,31). The lowest BCUT2D eigenvalue weighted by Gasteiger charge is -2.14. The molecule has 0 spiro atoms. The van der Waals surface area contributed by atoms with Crippen LogP contribution in [0.5, 0.6) is 5.75 Å². The highest BCUT2D eigenvalue weighted by Gasteiger charge is 2.27. The maximum Gasteiger partial charge on any atom is 0.272 e. The maximum absolute atomic E-state index is 12.2. The van der Waals surface area contributed by atoms with Crippen LogP contribution >= 0.6 is 11.6 Å². The Labute approximate surface area is 188 Å². The van der Waals surface area contributed by atoms with Crippen LogP contribution < -0.4 is 16.0 Å². The molecule has 0 aliphatic heterocycles. The first-order chi connectivity index (χ1) is 15.5. The van der Waals surface area contributed by atoms with Crippen LogP contribution in [0.2, 0.25) is 5.02 Å². The van der Waals surface area contributed by atoms with Crippen molar-refractivity contribution in [2.75, 3.05) is 0 Å². The minimum atomic E-state index is -0.276. The number of nitrogens with two attached hydrogens (primary N) is 1. The van der Waals surface area contributed by atoms with Gasteiger partial charge in [0.05, 0.1) is 35.6 Å². The molecule has 1 aliphatic rings. The molecule has 32 heavy (non-hydrogen) atoms. The first-order valence-corrected chi connectivity index (χ1v) is 10.5. The van der Waals surface area contributed by atoms with Gasteiger partial charge in [0, 0.05) is 35.1 Å². The summed E-state index contributed by atoms with van der Waals surface area (Å²) in [7, 11) is 1.81. The largest absolute Gasteiger partial charge is 0.501 e. The molecule has 0 atom stereocenters. The van der Waals surface area contributed by atoms with Gasteiger partial charge in [-0.15, -0.1) is 0 Å². The molecule has 0 saturated heterocycles. The van der Waals surface area contributed by atoms with Gasteiger partial charge in [0.1, 0.15) is 5.75 Å². The summed E-state index contributed by atoms with van der Waals surface area (Å²) in [6, 6.07) is 8.92. The molecule has 0 bridgehead atoms. The van der Waals surface area contributed by atoms with Crippen LogP contribution in [0.3, 0.4) is 0 Å². The molecule has 0 radical (unpaired) electrons. The van der Waals surface area contributed by atoms with E-state index < -0.39 is 0 Å². The van der Waals surface area contributed by atoms with E-state index in [2.05, 4.69) is 20.1 Å². The fraction of sp³-hybridized carbons (Fsp3) is 0.217. The van der Waals surface area contributed by atoms with Gasteiger partial charge in [0.15, 0.2) is 0 Å². The average molecular weight is 447 g/mol. The quantitative estimate of drug-likeness (QED) is 0.447. The number of nitrogens with one attached hydrogen (secondary N) is 1. The van der Waals surface area contributed by atoms with Crippen LogP contribution in [0, 0.1) is 6.57 Å². The Morgan fingerprint density at radius 3 is 2.81 bits per heavy atom. The van der Waals surface area contributed by atoms with E-state index in [1.54, 1.807) is 29.1 Å². The second-order valence-corrected chi connectivity index (χ2v) is 8.16. The van der Waals surface area contributed by atoms with Crippen LogP contribution in [0.1, 0.15) is 18.5 Å². The molecule has 2 aromatic heterocycles. The summed E-state index contributed by atoms with van der Waals surface area (Å²) in [5.41, 5.74) is 9.53. The molecule has 1 fully saturated rings. The van der Waals surface area contributed by atoms with Gasteiger partial charge in [0.2, 0.25) is 5.69 Å². The number of aryl methyl sites for hydroxylation is 1. The van der Waals surface area contributed by atoms with Gasteiger partial charge >= 0.3 is 0 Å². The fourth-order valence-electron chi connectivity index (χ4n) is 3.84. The highest BCUT2D eigenvalue weighted by atomic mass is 35.5. The molecule has 0 unspecified atom stereocenters. The zero-order valence-electron chi connectivity index (χ0n) is 17.2. The first-order valence-electron chi connectivity index (χ1n) is 10.1. The molecule has 160 valence electrons. The van der Waals surface area contributed by atoms with Crippen molar-refractivity contribution in [3.05, 3.63) is 69.0 Å². The number of ether oxygens (including phenoxy) is 1. The van der Waals surface area contributed by atoms with Crippen LogP contribution in [0.25, 0.3) is 38.0 Å². The monoisotopic (exact) mass is 446 g/mol. The van der Waals surface area contributed by atoms with Crippen molar-refractivity contribution in [1.29, 1.82) is 0 Å². The number of halogens is 1. The summed E-state index contributed by atoms with van der Waals surface area (Å²) in [5.74, 6) is 0.483. The number of rotatable bonds is 5. The van der Waals surface area contributed by atoms with Crippen molar-refractivity contribution >= 4 is 28.1 Å². The number of aromatic nitrogens is 4. The molecule has 8 nitrogen and oxygen atoms in total. The Kier molecular flexibility index (Phi) is 4.93. The Bertz CT molecular complexity index is 1460. The second-order valence-electron chi connectivity index (χ2n) is 7.72. The SMILES string of the molecule is [C-]#[N+]c1c(OC2CC2)cc(Cl)cc1-c1c(-c2ccc3c(=O)[nH]nc(CN)c3c2)cnn1C. The van der Waals surface area contributed by atoms with Crippen LogP contribution in [-0.4, -0.2) is 26.1 Å². The van der Waals surface area contributed by atoms with E-state index in [4.69, 9.17) is 28.6 Å². The van der Waals surface area contributed by atoms with E-state index in [1.807, 2.05) is 19.2 Å². The minimum Gasteiger partial charge on any atom is -0.501 e. The number of benzene rings is 2. The lowest BCUT2D eigenvalue weighted by Crippen LogP contribution is -2.13. The van der Waals surface area contributed by atoms with E-state index in [0.717, 1.165) is 29.7 Å². The summed E-state index contributed by atoms with van der Waals surface area (Å²) in [6.45, 7) is 7.99. The van der Waals surface area contributed by atoms with E-state index in [1.165, 1.54) is 0 Å². The van der Waals surface area contributed by atoms with Gasteiger partial charge < -0.3 is 10.5 Å². The molecule has 2 heterocycles. The van der Waals surface area contributed by atoms with Crippen LogP contribution in [0.15, 0.2) is 41.3 Å². The van der Waals surface area contributed by atoms with Crippen molar-refractivity contribution in [1.82, 2.24) is 20.0 Å². The first kappa shape index (κ1) is 20.2. The van der Waals surface area contributed by atoms with E-state index >= 15 is 0 Å². The zero-order chi connectivity index (χ0) is 22.4. The smallest absolute Gasteiger partial charge is 0.272 e. The van der Waals surface area contributed by atoms with Crippen LogP contribution in [0.4, 0.5) is 5.69 Å². The Balaban J connectivity index is 1.73. The predicted octanol–water partition coefficient (Wildman–Crippen LogP) is 4.19. The molecule has 0 amide bonds. The summed E-state index contributed by atoms with van der Waals surface area (Å²) in [4.78, 5) is 16.0. The van der Waals surface area contributed by atoms with E-state index in [9.17, 15) is 4.79 Å². The molecule has 5 rings (SSSR count). The Hall–Kier alpha value is -3.67. The highest BCUT2D eigenvalue weighted by Crippen LogP contribution is 2.45. The molecule has 4 aromatic rings. The minimum absolute atomic E-state index is 0.133. The zero-order valence-corrected chi connectivity index (χ0v) is 18.0. The van der Waals surface area contributed by atoms with Crippen molar-refractivity contribution in [2.24, 2.45) is 12.8 Å². The fourth-order valence-corrected chi connectivity index (χ4v) is 4.04. The Morgan fingerprint density at radius 1 is 1.28 bits per heavy atom. The lowest BCUT2D eigenvalue weighted by molar-refractivity contribution is 0.305. The second kappa shape index (κ2) is 7.79. The number of hydrogen-bond acceptors (Lipinski definition) is 5. The molecule has 3 N–H and O–H groups in total. The summed E-state index contributed by atoms with van der Waals surface area (Å²) in [5, 5.41) is 12.7. The number of fused-ring (bicyclic) bond motifs is 1. The van der Waals surface area contributed by atoms with Gasteiger partial charge in [0.25, 0.3) is 5.56 Å².